The second-order valence-corrected chi connectivity index (χ2v) is 6.86. The number of hydrogen-bond donors (Lipinski definition) is 1. The predicted octanol–water partition coefficient (Wildman–Crippen LogP) is 1.91. The molecule has 0 radical (unpaired) electrons. The van der Waals surface area contributed by atoms with Gasteiger partial charge in [-0.05, 0) is 38.4 Å². The van der Waals surface area contributed by atoms with Crippen molar-refractivity contribution in [1.29, 1.82) is 0 Å². The Bertz CT molecular complexity index is 379. The molecule has 2 N–H and O–H groups in total. The third kappa shape index (κ3) is 3.13. The summed E-state index contributed by atoms with van der Waals surface area (Å²) in [6, 6.07) is 4.14. The fraction of sp³-hybridized carbons (Fsp3) is 0.615. The fourth-order valence-corrected chi connectivity index (χ4v) is 3.37. The van der Waals surface area contributed by atoms with Crippen LogP contribution >= 0.6 is 11.8 Å². The van der Waals surface area contributed by atoms with Crippen LogP contribution in [0.3, 0.4) is 0 Å². The van der Waals surface area contributed by atoms with Crippen molar-refractivity contribution < 1.29 is 0 Å². The van der Waals surface area contributed by atoms with E-state index in [1.54, 1.807) is 0 Å². The van der Waals surface area contributed by atoms with Crippen LogP contribution < -0.4 is 10.6 Å². The number of aromatic nitrogens is 1. The Hall–Kier alpha value is -0.740. The van der Waals surface area contributed by atoms with Crippen molar-refractivity contribution in [2.75, 3.05) is 30.3 Å². The van der Waals surface area contributed by atoms with Crippen LogP contribution in [0.25, 0.3) is 0 Å². The minimum Gasteiger partial charge on any atom is -0.354 e. The molecular formula is C13H21N3S. The van der Waals surface area contributed by atoms with Gasteiger partial charge in [0.2, 0.25) is 0 Å². The third-order valence-electron chi connectivity index (χ3n) is 3.01. The molecule has 0 atom stereocenters. The lowest BCUT2D eigenvalue weighted by Crippen LogP contribution is -2.44. The molecule has 1 saturated heterocycles. The number of nitrogens with two attached hydrogens (primary N) is 1. The van der Waals surface area contributed by atoms with Crippen LogP contribution in [0.5, 0.6) is 0 Å². The Morgan fingerprint density at radius 2 is 2.35 bits per heavy atom. The van der Waals surface area contributed by atoms with Gasteiger partial charge in [-0.2, -0.15) is 11.8 Å². The molecule has 0 bridgehead atoms. The minimum absolute atomic E-state index is 0.315. The zero-order valence-corrected chi connectivity index (χ0v) is 11.5. The second kappa shape index (κ2) is 5.27. The maximum Gasteiger partial charge on any atom is 0.131 e. The highest BCUT2D eigenvalue weighted by atomic mass is 32.2. The standard InChI is InChI=1S/C13H21N3S/c1-13(2)10-16(8-9-17-13)12-11(5-6-14)4-3-7-15-12/h3-4,7H,5-6,8-10,14H2,1-2H3. The highest BCUT2D eigenvalue weighted by Gasteiger charge is 2.28. The summed E-state index contributed by atoms with van der Waals surface area (Å²) < 4.78 is 0.315. The van der Waals surface area contributed by atoms with Gasteiger partial charge in [0.1, 0.15) is 5.82 Å². The van der Waals surface area contributed by atoms with Gasteiger partial charge in [-0.25, -0.2) is 4.98 Å². The summed E-state index contributed by atoms with van der Waals surface area (Å²) in [4.78, 5) is 6.95. The van der Waals surface area contributed by atoms with E-state index < -0.39 is 0 Å². The van der Waals surface area contributed by atoms with Gasteiger partial charge >= 0.3 is 0 Å². The minimum atomic E-state index is 0.315. The molecule has 0 unspecified atom stereocenters. The third-order valence-corrected chi connectivity index (χ3v) is 4.30. The van der Waals surface area contributed by atoms with Gasteiger partial charge in [0, 0.05) is 29.8 Å². The van der Waals surface area contributed by atoms with Crippen molar-refractivity contribution in [2.45, 2.75) is 25.0 Å². The molecule has 4 heteroatoms. The van der Waals surface area contributed by atoms with E-state index in [1.807, 2.05) is 24.0 Å². The largest absolute Gasteiger partial charge is 0.354 e. The van der Waals surface area contributed by atoms with Crippen LogP contribution in [-0.4, -0.2) is 35.1 Å². The molecule has 94 valence electrons. The summed E-state index contributed by atoms with van der Waals surface area (Å²) in [7, 11) is 0. The van der Waals surface area contributed by atoms with E-state index in [0.29, 0.717) is 11.3 Å². The predicted molar refractivity (Wildman–Crippen MR) is 75.7 cm³/mol. The molecular weight excluding hydrogens is 230 g/mol. The maximum atomic E-state index is 5.66. The lowest BCUT2D eigenvalue weighted by Gasteiger charge is -2.39. The number of thioether (sulfide) groups is 1. The van der Waals surface area contributed by atoms with E-state index in [4.69, 9.17) is 5.73 Å². The van der Waals surface area contributed by atoms with Crippen LogP contribution in [-0.2, 0) is 6.42 Å². The van der Waals surface area contributed by atoms with Crippen LogP contribution in [0.2, 0.25) is 0 Å². The van der Waals surface area contributed by atoms with Crippen molar-refractivity contribution >= 4 is 17.6 Å². The molecule has 17 heavy (non-hydrogen) atoms. The highest BCUT2D eigenvalue weighted by Crippen LogP contribution is 2.32. The van der Waals surface area contributed by atoms with Crippen molar-refractivity contribution in [3.63, 3.8) is 0 Å². The van der Waals surface area contributed by atoms with E-state index in [1.165, 1.54) is 11.3 Å². The Labute approximate surface area is 108 Å². The van der Waals surface area contributed by atoms with E-state index >= 15 is 0 Å². The zero-order chi connectivity index (χ0) is 12.3. The summed E-state index contributed by atoms with van der Waals surface area (Å²) in [5.74, 6) is 2.30. The first kappa shape index (κ1) is 12.7. The van der Waals surface area contributed by atoms with Gasteiger partial charge in [-0.1, -0.05) is 6.07 Å². The lowest BCUT2D eigenvalue weighted by molar-refractivity contribution is 0.639. The summed E-state index contributed by atoms with van der Waals surface area (Å²) >= 11 is 2.04. The van der Waals surface area contributed by atoms with E-state index in [-0.39, 0.29) is 0 Å². The Kier molecular flexibility index (Phi) is 3.94. The van der Waals surface area contributed by atoms with Gasteiger partial charge in [0.15, 0.2) is 0 Å². The van der Waals surface area contributed by atoms with Crippen molar-refractivity contribution in [2.24, 2.45) is 5.73 Å². The maximum absolute atomic E-state index is 5.66. The zero-order valence-electron chi connectivity index (χ0n) is 10.6. The molecule has 1 aliphatic heterocycles. The number of hydrogen-bond acceptors (Lipinski definition) is 4. The van der Waals surface area contributed by atoms with Crippen LogP contribution in [0, 0.1) is 0 Å². The molecule has 0 aliphatic carbocycles. The first-order valence-electron chi connectivity index (χ1n) is 6.15. The molecule has 1 aliphatic rings. The van der Waals surface area contributed by atoms with Crippen LogP contribution in [0.1, 0.15) is 19.4 Å². The molecule has 1 aromatic rings. The fourth-order valence-electron chi connectivity index (χ4n) is 2.26. The van der Waals surface area contributed by atoms with Gasteiger partial charge < -0.3 is 10.6 Å². The van der Waals surface area contributed by atoms with Crippen molar-refractivity contribution in [1.82, 2.24) is 4.98 Å². The highest BCUT2D eigenvalue weighted by molar-refractivity contribution is 8.00. The Morgan fingerprint density at radius 3 is 3.06 bits per heavy atom. The molecule has 1 aromatic heterocycles. The lowest BCUT2D eigenvalue weighted by atomic mass is 10.1. The normalized spacial score (nSPS) is 19.4. The molecule has 0 amide bonds. The summed E-state index contributed by atoms with van der Waals surface area (Å²) in [6.45, 7) is 7.43. The summed E-state index contributed by atoms with van der Waals surface area (Å²) in [6.07, 6.45) is 2.79. The first-order valence-corrected chi connectivity index (χ1v) is 7.14. The molecule has 0 aromatic carbocycles. The molecule has 0 saturated carbocycles. The molecule has 1 fully saturated rings. The molecule has 3 nitrogen and oxygen atoms in total. The Morgan fingerprint density at radius 1 is 1.53 bits per heavy atom. The van der Waals surface area contributed by atoms with Crippen LogP contribution in [0.4, 0.5) is 5.82 Å². The van der Waals surface area contributed by atoms with E-state index in [0.717, 1.165) is 25.3 Å². The molecule has 2 heterocycles. The monoisotopic (exact) mass is 251 g/mol. The van der Waals surface area contributed by atoms with E-state index in [2.05, 4.69) is 29.8 Å². The SMILES string of the molecule is CC1(C)CN(c2ncccc2CCN)CCS1. The van der Waals surface area contributed by atoms with Crippen LogP contribution in [0.15, 0.2) is 18.3 Å². The summed E-state index contributed by atoms with van der Waals surface area (Å²) in [5, 5.41) is 0. The van der Waals surface area contributed by atoms with Gasteiger partial charge in [-0.15, -0.1) is 0 Å². The smallest absolute Gasteiger partial charge is 0.131 e. The number of pyridine rings is 1. The molecule has 0 spiro atoms. The number of nitrogens with zero attached hydrogens (tertiary/aromatic N) is 2. The average molecular weight is 251 g/mol. The summed E-state index contributed by atoms with van der Waals surface area (Å²) in [5.41, 5.74) is 6.94. The van der Waals surface area contributed by atoms with E-state index in [9.17, 15) is 0 Å². The van der Waals surface area contributed by atoms with Gasteiger partial charge in [0.05, 0.1) is 0 Å². The Balaban J connectivity index is 2.21. The second-order valence-electron chi connectivity index (χ2n) is 5.05. The topological polar surface area (TPSA) is 42.2 Å². The first-order chi connectivity index (χ1) is 8.12. The van der Waals surface area contributed by atoms with Gasteiger partial charge in [0.25, 0.3) is 0 Å². The average Bonchev–Trinajstić information content (AvgIpc) is 2.29. The van der Waals surface area contributed by atoms with Crippen molar-refractivity contribution in [3.05, 3.63) is 23.9 Å². The quantitative estimate of drug-likeness (QED) is 0.891. The number of rotatable bonds is 3. The molecule has 2 rings (SSSR count). The van der Waals surface area contributed by atoms with Gasteiger partial charge in [-0.3, -0.25) is 0 Å². The number of anilines is 1. The van der Waals surface area contributed by atoms with Crippen molar-refractivity contribution in [3.8, 4) is 0 Å².